The molecule has 1 atom stereocenters. The Hall–Kier alpha value is -1.46. The van der Waals surface area contributed by atoms with Crippen molar-refractivity contribution in [3.05, 3.63) is 5.92 Å². The average Bonchev–Trinajstić information content (AvgIpc) is 2.78. The number of nitrogens with zero attached hydrogens (tertiary/aromatic N) is 3. The zero-order valence-electron chi connectivity index (χ0n) is 9.06. The predicted octanol–water partition coefficient (Wildman–Crippen LogP) is 1.81. The van der Waals surface area contributed by atoms with Gasteiger partial charge in [0.1, 0.15) is 6.61 Å². The van der Waals surface area contributed by atoms with Gasteiger partial charge in [-0.15, -0.1) is 5.10 Å². The fourth-order valence-corrected chi connectivity index (χ4v) is 2.18. The van der Waals surface area contributed by atoms with E-state index in [2.05, 4.69) is 15.4 Å². The molecule has 0 aromatic carbocycles. The summed E-state index contributed by atoms with van der Waals surface area (Å²) in [5.74, 6) is 1.24. The lowest BCUT2D eigenvalue weighted by Gasteiger charge is -2.32. The Morgan fingerprint density at radius 1 is 1.44 bits per heavy atom. The van der Waals surface area contributed by atoms with Gasteiger partial charge in [0.25, 0.3) is 0 Å². The first-order chi connectivity index (χ1) is 7.73. The number of hydrogen-bond acceptors (Lipinski definition) is 5. The first-order valence-electron chi connectivity index (χ1n) is 5.47. The monoisotopic (exact) mass is 223 g/mol. The maximum Gasteiger partial charge on any atom is 0.404 e. The third kappa shape index (κ3) is 2.20. The van der Waals surface area contributed by atoms with Gasteiger partial charge in [-0.2, -0.15) is 5.11 Å². The van der Waals surface area contributed by atoms with Gasteiger partial charge in [-0.3, -0.25) is 0 Å². The average molecular weight is 223 g/mol. The number of amides is 1. The summed E-state index contributed by atoms with van der Waals surface area (Å²) in [5, 5.41) is 11.5. The highest BCUT2D eigenvalue weighted by Crippen LogP contribution is 2.38. The molecule has 1 aliphatic heterocycles. The Morgan fingerprint density at radius 2 is 2.19 bits per heavy atom. The summed E-state index contributed by atoms with van der Waals surface area (Å²) in [4.78, 5) is 10.7. The van der Waals surface area contributed by atoms with Gasteiger partial charge < -0.3 is 10.5 Å². The molecule has 2 N–H and O–H groups in total. The summed E-state index contributed by atoms with van der Waals surface area (Å²) in [6.07, 6.45) is 6.39. The van der Waals surface area contributed by atoms with Crippen molar-refractivity contribution in [2.75, 3.05) is 6.61 Å². The van der Waals surface area contributed by atoms with Crippen molar-refractivity contribution >= 4 is 12.3 Å². The molecule has 0 saturated heterocycles. The number of nitrogens with two attached hydrogens (primary N) is 1. The lowest BCUT2D eigenvalue weighted by molar-refractivity contribution is 0.140. The van der Waals surface area contributed by atoms with E-state index in [1.54, 1.807) is 6.21 Å². The molecule has 2 rings (SSSR count). The van der Waals surface area contributed by atoms with Crippen LogP contribution >= 0.6 is 0 Å². The fourth-order valence-electron chi connectivity index (χ4n) is 2.18. The number of hydrogen-bond donors (Lipinski definition) is 1. The lowest BCUT2D eigenvalue weighted by atomic mass is 9.76. The molecule has 1 unspecified atom stereocenters. The number of rotatable bonds is 3. The third-order valence-corrected chi connectivity index (χ3v) is 3.05. The molecule has 16 heavy (non-hydrogen) atoms. The van der Waals surface area contributed by atoms with Gasteiger partial charge in [0, 0.05) is 5.92 Å². The summed E-state index contributed by atoms with van der Waals surface area (Å²) in [5.41, 5.74) is 4.33. The van der Waals surface area contributed by atoms with Crippen molar-refractivity contribution in [2.24, 2.45) is 21.2 Å². The minimum absolute atomic E-state index is 0.116. The molecule has 1 saturated carbocycles. The van der Waals surface area contributed by atoms with Crippen LogP contribution < -0.4 is 5.73 Å². The largest absolute Gasteiger partial charge is 0.447 e. The van der Waals surface area contributed by atoms with Crippen LogP contribution in [0.4, 0.5) is 4.79 Å². The molecule has 0 aromatic rings. The summed E-state index contributed by atoms with van der Waals surface area (Å²) >= 11 is 0. The molecule has 2 aliphatic rings. The Kier molecular flexibility index (Phi) is 3.17. The van der Waals surface area contributed by atoms with Gasteiger partial charge >= 0.3 is 6.09 Å². The number of carbonyl (C=O) groups is 1. The first kappa shape index (κ1) is 11.0. The Balaban J connectivity index is 2.05. The molecular formula is C10H15N4O2. The standard InChI is InChI=1S/C10H15N4O2/c11-9(15)16-7-10(6-12-14-13-10)8-4-2-1-3-5-8/h6H,1-5,7H2,(H2,11,15). The molecule has 0 bridgehead atoms. The maximum absolute atomic E-state index is 10.7. The Morgan fingerprint density at radius 3 is 2.75 bits per heavy atom. The number of ether oxygens (including phenoxy) is 1. The fraction of sp³-hybridized carbons (Fsp3) is 0.700. The van der Waals surface area contributed by atoms with Crippen LogP contribution in [-0.2, 0) is 4.74 Å². The van der Waals surface area contributed by atoms with E-state index in [-0.39, 0.29) is 6.61 Å². The van der Waals surface area contributed by atoms with E-state index in [4.69, 9.17) is 10.5 Å². The van der Waals surface area contributed by atoms with Crippen LogP contribution in [0.1, 0.15) is 32.1 Å². The van der Waals surface area contributed by atoms with Crippen LogP contribution in [0.5, 0.6) is 0 Å². The minimum Gasteiger partial charge on any atom is -0.447 e. The van der Waals surface area contributed by atoms with Crippen molar-refractivity contribution < 1.29 is 9.53 Å². The predicted molar refractivity (Wildman–Crippen MR) is 57.9 cm³/mol. The van der Waals surface area contributed by atoms with Crippen LogP contribution in [0.3, 0.4) is 0 Å². The van der Waals surface area contributed by atoms with Crippen molar-refractivity contribution in [1.29, 1.82) is 0 Å². The molecule has 0 aromatic heterocycles. The number of primary amides is 1. The highest BCUT2D eigenvalue weighted by molar-refractivity contribution is 5.76. The van der Waals surface area contributed by atoms with E-state index in [0.29, 0.717) is 0 Å². The van der Waals surface area contributed by atoms with E-state index >= 15 is 0 Å². The Bertz CT molecular complexity index is 309. The topological polar surface area (TPSA) is 89.4 Å². The second kappa shape index (κ2) is 4.59. The summed E-state index contributed by atoms with van der Waals surface area (Å²) in [6.45, 7) is 0.116. The first-order valence-corrected chi connectivity index (χ1v) is 5.47. The summed E-state index contributed by atoms with van der Waals surface area (Å²) < 4.78 is 4.86. The second-order valence-corrected chi connectivity index (χ2v) is 4.13. The third-order valence-electron chi connectivity index (χ3n) is 3.05. The van der Waals surface area contributed by atoms with Crippen LogP contribution in [0.25, 0.3) is 0 Å². The maximum atomic E-state index is 10.7. The molecule has 1 heterocycles. The molecule has 1 radical (unpaired) electrons. The van der Waals surface area contributed by atoms with E-state index in [9.17, 15) is 4.79 Å². The molecule has 6 nitrogen and oxygen atoms in total. The Labute approximate surface area is 93.9 Å². The van der Waals surface area contributed by atoms with Crippen LogP contribution in [0.2, 0.25) is 0 Å². The molecule has 1 aliphatic carbocycles. The van der Waals surface area contributed by atoms with Crippen molar-refractivity contribution in [3.8, 4) is 0 Å². The zero-order valence-corrected chi connectivity index (χ0v) is 9.06. The quantitative estimate of drug-likeness (QED) is 0.790. The summed E-state index contributed by atoms with van der Waals surface area (Å²) in [6, 6.07) is 0. The molecular weight excluding hydrogens is 208 g/mol. The van der Waals surface area contributed by atoms with Crippen LogP contribution in [0.15, 0.2) is 15.4 Å². The number of carbonyl (C=O) groups excluding carboxylic acids is 1. The smallest absolute Gasteiger partial charge is 0.404 e. The van der Waals surface area contributed by atoms with Gasteiger partial charge in [0.2, 0.25) is 0 Å². The highest BCUT2D eigenvalue weighted by atomic mass is 16.5. The van der Waals surface area contributed by atoms with E-state index in [1.807, 2.05) is 0 Å². The van der Waals surface area contributed by atoms with Gasteiger partial charge in [0.05, 0.1) is 6.21 Å². The lowest BCUT2D eigenvalue weighted by Crippen LogP contribution is -2.42. The zero-order chi connectivity index (χ0) is 11.4. The SMILES string of the molecule is NC(=O)OCC1([C]2CCCCC2)C=NN=N1. The van der Waals surface area contributed by atoms with Gasteiger partial charge in [-0.05, 0) is 18.1 Å². The van der Waals surface area contributed by atoms with Gasteiger partial charge in [0.15, 0.2) is 5.54 Å². The molecule has 1 fully saturated rings. The van der Waals surface area contributed by atoms with E-state index in [1.165, 1.54) is 12.3 Å². The highest BCUT2D eigenvalue weighted by Gasteiger charge is 2.42. The van der Waals surface area contributed by atoms with Gasteiger partial charge in [-0.1, -0.05) is 19.3 Å². The van der Waals surface area contributed by atoms with Crippen LogP contribution in [-0.4, -0.2) is 24.5 Å². The van der Waals surface area contributed by atoms with Crippen molar-refractivity contribution in [3.63, 3.8) is 0 Å². The molecule has 87 valence electrons. The molecule has 0 spiro atoms. The van der Waals surface area contributed by atoms with E-state index < -0.39 is 11.6 Å². The molecule has 6 heteroatoms. The van der Waals surface area contributed by atoms with Crippen LogP contribution in [0, 0.1) is 5.92 Å². The molecule has 1 amide bonds. The minimum atomic E-state index is -0.786. The normalized spacial score (nSPS) is 29.5. The van der Waals surface area contributed by atoms with Crippen molar-refractivity contribution in [1.82, 2.24) is 0 Å². The summed E-state index contributed by atoms with van der Waals surface area (Å²) in [7, 11) is 0. The van der Waals surface area contributed by atoms with Crippen molar-refractivity contribution in [2.45, 2.75) is 37.6 Å². The second-order valence-electron chi connectivity index (χ2n) is 4.13. The van der Waals surface area contributed by atoms with E-state index in [0.717, 1.165) is 25.7 Å². The van der Waals surface area contributed by atoms with Gasteiger partial charge in [-0.25, -0.2) is 4.79 Å².